The average molecular weight is 303 g/mol. The summed E-state index contributed by atoms with van der Waals surface area (Å²) in [5, 5.41) is 5.14. The second kappa shape index (κ2) is 7.40. The number of rotatable bonds is 3. The number of nitrogens with zero attached hydrogens (tertiary/aromatic N) is 1. The first-order valence-electron chi connectivity index (χ1n) is 7.85. The van der Waals surface area contributed by atoms with Crippen LogP contribution in [0.5, 0.6) is 0 Å². The third-order valence-electron chi connectivity index (χ3n) is 4.35. The van der Waals surface area contributed by atoms with Crippen molar-refractivity contribution in [2.45, 2.75) is 33.6 Å². The molecule has 0 saturated carbocycles. The molecule has 2 N–H and O–H groups in total. The first kappa shape index (κ1) is 16.5. The van der Waals surface area contributed by atoms with E-state index < -0.39 is 6.03 Å². The summed E-state index contributed by atoms with van der Waals surface area (Å²) in [6.07, 6.45) is 2.23. The highest BCUT2D eigenvalue weighted by atomic mass is 16.2. The number of hydrogen-bond donors (Lipinski definition) is 2. The van der Waals surface area contributed by atoms with Crippen LogP contribution in [0.25, 0.3) is 0 Å². The number of carbonyl (C=O) groups is 2. The molecule has 0 bridgehead atoms. The number of aryl methyl sites for hydroxylation is 1. The van der Waals surface area contributed by atoms with Crippen LogP contribution in [0, 0.1) is 19.8 Å². The van der Waals surface area contributed by atoms with Crippen LogP contribution in [0.3, 0.4) is 0 Å². The van der Waals surface area contributed by atoms with Crippen molar-refractivity contribution in [2.75, 3.05) is 25.0 Å². The highest BCUT2D eigenvalue weighted by Gasteiger charge is 2.19. The molecule has 1 saturated heterocycles. The van der Waals surface area contributed by atoms with Crippen LogP contribution in [0.2, 0.25) is 0 Å². The Bertz CT molecular complexity index is 549. The van der Waals surface area contributed by atoms with E-state index in [9.17, 15) is 9.59 Å². The molecule has 22 heavy (non-hydrogen) atoms. The van der Waals surface area contributed by atoms with Crippen LogP contribution in [-0.4, -0.2) is 36.5 Å². The Balaban J connectivity index is 1.81. The molecule has 5 nitrogen and oxygen atoms in total. The van der Waals surface area contributed by atoms with Crippen molar-refractivity contribution in [3.8, 4) is 0 Å². The molecule has 120 valence electrons. The van der Waals surface area contributed by atoms with E-state index in [1.165, 1.54) is 0 Å². The van der Waals surface area contributed by atoms with Crippen molar-refractivity contribution >= 4 is 17.6 Å². The van der Waals surface area contributed by atoms with Crippen molar-refractivity contribution in [1.29, 1.82) is 0 Å². The number of urea groups is 1. The molecule has 1 aliphatic heterocycles. The maximum atomic E-state index is 11.9. The van der Waals surface area contributed by atoms with Crippen LogP contribution in [-0.2, 0) is 4.79 Å². The lowest BCUT2D eigenvalue weighted by atomic mass is 9.99. The lowest BCUT2D eigenvalue weighted by Crippen LogP contribution is -2.44. The topological polar surface area (TPSA) is 61.4 Å². The highest BCUT2D eigenvalue weighted by Crippen LogP contribution is 2.18. The Morgan fingerprint density at radius 1 is 1.23 bits per heavy atom. The first-order valence-corrected chi connectivity index (χ1v) is 7.85. The summed E-state index contributed by atoms with van der Waals surface area (Å²) in [7, 11) is 0. The molecular formula is C17H25N3O2. The Kier molecular flexibility index (Phi) is 5.55. The summed E-state index contributed by atoms with van der Waals surface area (Å²) in [5.41, 5.74) is 2.85. The number of nitrogens with one attached hydrogen (secondary N) is 2. The number of benzene rings is 1. The summed E-state index contributed by atoms with van der Waals surface area (Å²) in [6, 6.07) is 5.23. The molecule has 0 atom stereocenters. The Morgan fingerprint density at radius 3 is 2.59 bits per heavy atom. The largest absolute Gasteiger partial charge is 0.325 e. The van der Waals surface area contributed by atoms with E-state index >= 15 is 0 Å². The zero-order valence-corrected chi connectivity index (χ0v) is 13.6. The summed E-state index contributed by atoms with van der Waals surface area (Å²) in [5.74, 6) is 0.476. The van der Waals surface area contributed by atoms with Crippen LogP contribution in [0.4, 0.5) is 10.5 Å². The third kappa shape index (κ3) is 4.56. The fourth-order valence-electron chi connectivity index (χ4n) is 2.63. The van der Waals surface area contributed by atoms with Gasteiger partial charge >= 0.3 is 6.03 Å². The van der Waals surface area contributed by atoms with Crippen molar-refractivity contribution < 1.29 is 9.59 Å². The number of hydrogen-bond acceptors (Lipinski definition) is 3. The quantitative estimate of drug-likeness (QED) is 0.902. The minimum atomic E-state index is -0.468. The molecule has 0 spiro atoms. The Hall–Kier alpha value is -1.88. The van der Waals surface area contributed by atoms with Crippen molar-refractivity contribution in [3.05, 3.63) is 29.3 Å². The third-order valence-corrected chi connectivity index (χ3v) is 4.35. The molecular weight excluding hydrogens is 278 g/mol. The fraction of sp³-hybridized carbons (Fsp3) is 0.529. The zero-order valence-electron chi connectivity index (χ0n) is 13.6. The van der Waals surface area contributed by atoms with Crippen LogP contribution in [0.1, 0.15) is 30.9 Å². The van der Waals surface area contributed by atoms with Gasteiger partial charge in [0.2, 0.25) is 5.91 Å². The lowest BCUT2D eigenvalue weighted by Gasteiger charge is -2.29. The smallest absolute Gasteiger partial charge is 0.307 e. The van der Waals surface area contributed by atoms with E-state index in [2.05, 4.69) is 22.5 Å². The standard InChI is InChI=1S/C17H25N3O2/c1-12-7-9-20(10-8-12)11-16(21)19-17(22)18-15-6-4-5-13(2)14(15)3/h4-6,12H,7-11H2,1-3H3,(H2,18,19,21,22). The number of amides is 3. The van der Waals surface area contributed by atoms with Crippen molar-refractivity contribution in [3.63, 3.8) is 0 Å². The van der Waals surface area contributed by atoms with Gasteiger partial charge in [0.1, 0.15) is 0 Å². The van der Waals surface area contributed by atoms with Crippen LogP contribution >= 0.6 is 0 Å². The van der Waals surface area contributed by atoms with Crippen LogP contribution in [0.15, 0.2) is 18.2 Å². The van der Waals surface area contributed by atoms with Gasteiger partial charge in [-0.15, -0.1) is 0 Å². The molecule has 0 radical (unpaired) electrons. The van der Waals surface area contributed by atoms with Gasteiger partial charge in [0.05, 0.1) is 6.54 Å². The zero-order chi connectivity index (χ0) is 16.1. The number of piperidine rings is 1. The molecule has 5 heteroatoms. The van der Waals surface area contributed by atoms with Gasteiger partial charge in [0.25, 0.3) is 0 Å². The molecule has 1 fully saturated rings. The minimum absolute atomic E-state index is 0.252. The van der Waals surface area contributed by atoms with Gasteiger partial charge < -0.3 is 5.32 Å². The molecule has 2 rings (SSSR count). The second-order valence-corrected chi connectivity index (χ2v) is 6.21. The van der Waals surface area contributed by atoms with E-state index in [1.807, 2.05) is 32.0 Å². The minimum Gasteiger partial charge on any atom is -0.307 e. The summed E-state index contributed by atoms with van der Waals surface area (Å²) < 4.78 is 0. The molecule has 1 heterocycles. The van der Waals surface area contributed by atoms with Gasteiger partial charge in [-0.25, -0.2) is 4.79 Å². The lowest BCUT2D eigenvalue weighted by molar-refractivity contribution is -0.121. The van der Waals surface area contributed by atoms with E-state index in [-0.39, 0.29) is 12.5 Å². The average Bonchev–Trinajstić information content (AvgIpc) is 2.46. The number of anilines is 1. The molecule has 1 aliphatic rings. The monoisotopic (exact) mass is 303 g/mol. The molecule has 0 unspecified atom stereocenters. The van der Waals surface area contributed by atoms with Crippen molar-refractivity contribution in [1.82, 2.24) is 10.2 Å². The molecule has 0 aliphatic carbocycles. The SMILES string of the molecule is Cc1cccc(NC(=O)NC(=O)CN2CCC(C)CC2)c1C. The predicted octanol–water partition coefficient (Wildman–Crippen LogP) is 2.68. The summed E-state index contributed by atoms with van der Waals surface area (Å²) >= 11 is 0. The number of likely N-dealkylation sites (tertiary alicyclic amines) is 1. The molecule has 3 amide bonds. The van der Waals surface area contributed by atoms with Gasteiger partial charge in [-0.05, 0) is 62.9 Å². The van der Waals surface area contributed by atoms with Gasteiger partial charge in [-0.2, -0.15) is 0 Å². The Labute approximate surface area is 132 Å². The highest BCUT2D eigenvalue weighted by molar-refractivity contribution is 6.02. The normalized spacial score (nSPS) is 16.3. The molecule has 1 aromatic carbocycles. The van der Waals surface area contributed by atoms with Crippen molar-refractivity contribution in [2.24, 2.45) is 5.92 Å². The Morgan fingerprint density at radius 2 is 1.91 bits per heavy atom. The molecule has 0 aromatic heterocycles. The summed E-state index contributed by atoms with van der Waals surface area (Å²) in [6.45, 7) is 8.30. The fourth-order valence-corrected chi connectivity index (χ4v) is 2.63. The van der Waals surface area contributed by atoms with E-state index in [1.54, 1.807) is 0 Å². The maximum absolute atomic E-state index is 11.9. The summed E-state index contributed by atoms with van der Waals surface area (Å²) in [4.78, 5) is 25.9. The van der Waals surface area contributed by atoms with Crippen LogP contribution < -0.4 is 10.6 Å². The van der Waals surface area contributed by atoms with E-state index in [0.717, 1.165) is 48.7 Å². The van der Waals surface area contributed by atoms with Gasteiger partial charge in [0.15, 0.2) is 0 Å². The van der Waals surface area contributed by atoms with E-state index in [0.29, 0.717) is 0 Å². The maximum Gasteiger partial charge on any atom is 0.325 e. The van der Waals surface area contributed by atoms with Gasteiger partial charge in [-0.3, -0.25) is 15.0 Å². The number of imide groups is 1. The number of carbonyl (C=O) groups excluding carboxylic acids is 2. The first-order chi connectivity index (χ1) is 10.5. The van der Waals surface area contributed by atoms with Gasteiger partial charge in [-0.1, -0.05) is 19.1 Å². The predicted molar refractivity (Wildman–Crippen MR) is 87.9 cm³/mol. The second-order valence-electron chi connectivity index (χ2n) is 6.21. The van der Waals surface area contributed by atoms with E-state index in [4.69, 9.17) is 0 Å². The van der Waals surface area contributed by atoms with Gasteiger partial charge in [0, 0.05) is 5.69 Å². The molecule has 1 aromatic rings.